The molecule has 1 aliphatic rings. The summed E-state index contributed by atoms with van der Waals surface area (Å²) in [6.07, 6.45) is 8.92. The van der Waals surface area contributed by atoms with Crippen LogP contribution in [0.1, 0.15) is 60.9 Å². The second kappa shape index (κ2) is 14.2. The summed E-state index contributed by atoms with van der Waals surface area (Å²) in [5.41, 5.74) is 2.76. The normalized spacial score (nSPS) is 18.6. The fourth-order valence-electron chi connectivity index (χ4n) is 4.18. The molecular formula is C26H33Cl2N3O3. The number of rotatable bonds is 12. The summed E-state index contributed by atoms with van der Waals surface area (Å²) in [7, 11) is 0. The van der Waals surface area contributed by atoms with Crippen molar-refractivity contribution in [3.05, 3.63) is 59.9 Å². The fraction of sp³-hybridized carbons (Fsp3) is 0.500. The minimum Gasteiger partial charge on any atom is -0.462 e. The number of nitrogens with one attached hydrogen (secondary N) is 2. The second-order valence-corrected chi connectivity index (χ2v) is 9.35. The third-order valence-corrected chi connectivity index (χ3v) is 6.67. The summed E-state index contributed by atoms with van der Waals surface area (Å²) in [4.78, 5) is 28.7. The Labute approximate surface area is 211 Å². The van der Waals surface area contributed by atoms with Crippen molar-refractivity contribution >= 4 is 40.8 Å². The number of hydrogen-bond donors (Lipinski definition) is 2. The van der Waals surface area contributed by atoms with Gasteiger partial charge in [0.1, 0.15) is 6.10 Å². The lowest BCUT2D eigenvalue weighted by Gasteiger charge is -2.29. The van der Waals surface area contributed by atoms with Gasteiger partial charge in [0.15, 0.2) is 0 Å². The molecule has 1 aromatic carbocycles. The van der Waals surface area contributed by atoms with Gasteiger partial charge in [0.2, 0.25) is 0 Å². The van der Waals surface area contributed by atoms with E-state index in [1.807, 2.05) is 18.2 Å². The molecule has 1 unspecified atom stereocenters. The summed E-state index contributed by atoms with van der Waals surface area (Å²) >= 11 is 11.9. The van der Waals surface area contributed by atoms with Gasteiger partial charge in [-0.2, -0.15) is 0 Å². The summed E-state index contributed by atoms with van der Waals surface area (Å²) < 4.78 is 5.70. The highest BCUT2D eigenvalue weighted by Crippen LogP contribution is 2.23. The molecular weight excluding hydrogens is 473 g/mol. The molecule has 8 heteroatoms. The van der Waals surface area contributed by atoms with Gasteiger partial charge in [-0.25, -0.2) is 0 Å². The lowest BCUT2D eigenvalue weighted by atomic mass is 9.92. The molecule has 0 spiro atoms. The maximum atomic E-state index is 12.4. The first kappa shape index (κ1) is 26.3. The largest absolute Gasteiger partial charge is 0.462 e. The summed E-state index contributed by atoms with van der Waals surface area (Å²) in [6.45, 7) is 0. The lowest BCUT2D eigenvalue weighted by Crippen LogP contribution is -2.39. The van der Waals surface area contributed by atoms with Crippen LogP contribution >= 0.6 is 23.2 Å². The van der Waals surface area contributed by atoms with Crippen LogP contribution in [0.4, 0.5) is 5.69 Å². The van der Waals surface area contributed by atoms with E-state index in [1.165, 1.54) is 0 Å². The highest BCUT2D eigenvalue weighted by Gasteiger charge is 2.25. The van der Waals surface area contributed by atoms with Crippen LogP contribution in [0.3, 0.4) is 0 Å². The van der Waals surface area contributed by atoms with Crippen molar-refractivity contribution < 1.29 is 14.3 Å². The Morgan fingerprint density at radius 1 is 1.09 bits per heavy atom. The van der Waals surface area contributed by atoms with Gasteiger partial charge < -0.3 is 15.4 Å². The molecule has 1 amide bonds. The topological polar surface area (TPSA) is 80.3 Å². The molecule has 1 fully saturated rings. The minimum atomic E-state index is -0.158. The van der Waals surface area contributed by atoms with Gasteiger partial charge in [-0.3, -0.25) is 14.6 Å². The third kappa shape index (κ3) is 8.48. The molecule has 2 N–H and O–H groups in total. The molecule has 0 aliphatic heterocycles. The van der Waals surface area contributed by atoms with Gasteiger partial charge >= 0.3 is 5.97 Å². The monoisotopic (exact) mass is 505 g/mol. The van der Waals surface area contributed by atoms with Gasteiger partial charge in [0.25, 0.3) is 5.91 Å². The zero-order chi connectivity index (χ0) is 24.2. The quantitative estimate of drug-likeness (QED) is 0.300. The van der Waals surface area contributed by atoms with E-state index in [0.29, 0.717) is 23.7 Å². The molecule has 3 rings (SSSR count). The summed E-state index contributed by atoms with van der Waals surface area (Å²) in [5, 5.41) is 6.52. The van der Waals surface area contributed by atoms with E-state index in [0.717, 1.165) is 56.2 Å². The Kier molecular flexibility index (Phi) is 11.0. The van der Waals surface area contributed by atoms with Crippen LogP contribution < -0.4 is 10.6 Å². The van der Waals surface area contributed by atoms with Gasteiger partial charge in [-0.05, 0) is 68.7 Å². The van der Waals surface area contributed by atoms with Crippen molar-refractivity contribution in [1.29, 1.82) is 0 Å². The van der Waals surface area contributed by atoms with E-state index in [2.05, 4.69) is 21.7 Å². The SMILES string of the molecule is O=C(CCCc1ccccc1NC(CCl)CCCl)OC1CCC(NC(=O)c2cccnc2)CC1. The molecule has 1 aliphatic carbocycles. The van der Waals surface area contributed by atoms with E-state index in [1.54, 1.807) is 24.5 Å². The van der Waals surface area contributed by atoms with Gasteiger partial charge in [-0.15, -0.1) is 23.2 Å². The third-order valence-electron chi connectivity index (χ3n) is 6.08. The average molecular weight is 506 g/mol. The number of anilines is 1. The Morgan fingerprint density at radius 3 is 2.59 bits per heavy atom. The van der Waals surface area contributed by atoms with Crippen molar-refractivity contribution in [2.45, 2.75) is 69.6 Å². The van der Waals surface area contributed by atoms with E-state index in [-0.39, 0.29) is 30.1 Å². The molecule has 2 aromatic rings. The van der Waals surface area contributed by atoms with E-state index >= 15 is 0 Å². The number of halogens is 2. The van der Waals surface area contributed by atoms with Crippen LogP contribution in [0.25, 0.3) is 0 Å². The molecule has 1 atom stereocenters. The number of carbonyl (C=O) groups excluding carboxylic acids is 2. The van der Waals surface area contributed by atoms with E-state index < -0.39 is 0 Å². The zero-order valence-electron chi connectivity index (χ0n) is 19.3. The molecule has 1 heterocycles. The molecule has 0 radical (unpaired) electrons. The smallest absolute Gasteiger partial charge is 0.306 e. The maximum absolute atomic E-state index is 12.4. The molecule has 184 valence electrons. The number of para-hydroxylation sites is 1. The second-order valence-electron chi connectivity index (χ2n) is 8.66. The van der Waals surface area contributed by atoms with Crippen LogP contribution in [0, 0.1) is 0 Å². The van der Waals surface area contributed by atoms with E-state index in [9.17, 15) is 9.59 Å². The van der Waals surface area contributed by atoms with Crippen molar-refractivity contribution in [2.24, 2.45) is 0 Å². The van der Waals surface area contributed by atoms with Crippen LogP contribution in [-0.2, 0) is 16.0 Å². The highest BCUT2D eigenvalue weighted by atomic mass is 35.5. The van der Waals surface area contributed by atoms with Crippen molar-refractivity contribution in [2.75, 3.05) is 17.1 Å². The number of esters is 1. The van der Waals surface area contributed by atoms with Crippen molar-refractivity contribution in [3.63, 3.8) is 0 Å². The van der Waals surface area contributed by atoms with Crippen LogP contribution in [-0.4, -0.2) is 46.8 Å². The molecule has 0 bridgehead atoms. The zero-order valence-corrected chi connectivity index (χ0v) is 20.9. The maximum Gasteiger partial charge on any atom is 0.306 e. The van der Waals surface area contributed by atoms with E-state index in [4.69, 9.17) is 27.9 Å². The van der Waals surface area contributed by atoms with Crippen molar-refractivity contribution in [3.8, 4) is 0 Å². The number of pyridine rings is 1. The first-order valence-electron chi connectivity index (χ1n) is 12.0. The standard InChI is InChI=1S/C26H33Cl2N3O3/c27-15-14-22(17-28)30-24-8-2-1-5-19(24)6-3-9-25(32)34-23-12-10-21(11-13-23)31-26(33)20-7-4-16-29-18-20/h1-2,4-5,7-8,16,18,21-23,30H,3,6,9-15,17H2,(H,31,33). The fourth-order valence-corrected chi connectivity index (χ4v) is 4.67. The predicted octanol–water partition coefficient (Wildman–Crippen LogP) is 5.34. The number of amides is 1. The Bertz CT molecular complexity index is 905. The number of aromatic nitrogens is 1. The van der Waals surface area contributed by atoms with Crippen LogP contribution in [0.5, 0.6) is 0 Å². The average Bonchev–Trinajstić information content (AvgIpc) is 2.86. The van der Waals surface area contributed by atoms with Crippen molar-refractivity contribution in [1.82, 2.24) is 10.3 Å². The number of hydrogen-bond acceptors (Lipinski definition) is 5. The first-order valence-corrected chi connectivity index (χ1v) is 13.0. The molecule has 1 saturated carbocycles. The Balaban J connectivity index is 1.37. The van der Waals surface area contributed by atoms with Crippen LogP contribution in [0.2, 0.25) is 0 Å². The molecule has 34 heavy (non-hydrogen) atoms. The van der Waals surface area contributed by atoms with Gasteiger partial charge in [-0.1, -0.05) is 18.2 Å². The predicted molar refractivity (Wildman–Crippen MR) is 137 cm³/mol. The number of ether oxygens (including phenoxy) is 1. The number of benzene rings is 1. The van der Waals surface area contributed by atoms with Gasteiger partial charge in [0, 0.05) is 48.3 Å². The molecule has 6 nitrogen and oxygen atoms in total. The van der Waals surface area contributed by atoms with Gasteiger partial charge in [0.05, 0.1) is 5.56 Å². The Hall–Kier alpha value is -2.31. The number of nitrogens with zero attached hydrogens (tertiary/aromatic N) is 1. The number of aryl methyl sites for hydroxylation is 1. The number of alkyl halides is 2. The Morgan fingerprint density at radius 2 is 1.88 bits per heavy atom. The summed E-state index contributed by atoms with van der Waals surface area (Å²) in [6, 6.07) is 11.8. The number of carbonyl (C=O) groups is 2. The summed E-state index contributed by atoms with van der Waals surface area (Å²) in [5.74, 6) is 0.775. The lowest BCUT2D eigenvalue weighted by molar-refractivity contribution is -0.150. The molecule has 1 aromatic heterocycles. The molecule has 0 saturated heterocycles. The first-order chi connectivity index (χ1) is 16.6. The van der Waals surface area contributed by atoms with Crippen LogP contribution in [0.15, 0.2) is 48.8 Å². The highest BCUT2D eigenvalue weighted by molar-refractivity contribution is 6.19. The minimum absolute atomic E-state index is 0.0759.